The van der Waals surface area contributed by atoms with Crippen LogP contribution in [0, 0.1) is 0 Å². The summed E-state index contributed by atoms with van der Waals surface area (Å²) in [6, 6.07) is -0.0823. The summed E-state index contributed by atoms with van der Waals surface area (Å²) in [5.74, 6) is 0.809. The maximum Gasteiger partial charge on any atom is 0.223 e. The zero-order valence-corrected chi connectivity index (χ0v) is 10.1. The molecule has 1 aliphatic heterocycles. The highest BCUT2D eigenvalue weighted by Gasteiger charge is 2.19. The molecule has 0 aromatic carbocycles. The lowest BCUT2D eigenvalue weighted by molar-refractivity contribution is -0.125. The Morgan fingerprint density at radius 2 is 2.59 bits per heavy atom. The van der Waals surface area contributed by atoms with Gasteiger partial charge < -0.3 is 15.0 Å². The van der Waals surface area contributed by atoms with Crippen LogP contribution in [-0.2, 0) is 9.53 Å². The number of nitrogens with one attached hydrogen (secondary N) is 2. The Morgan fingerprint density at radius 1 is 1.71 bits per heavy atom. The quantitative estimate of drug-likeness (QED) is 0.834. The van der Waals surface area contributed by atoms with Gasteiger partial charge in [0.15, 0.2) is 0 Å². The normalized spacial score (nSPS) is 22.1. The van der Waals surface area contributed by atoms with E-state index in [0.717, 1.165) is 31.7 Å². The Hall–Kier alpha value is -1.36. The van der Waals surface area contributed by atoms with Gasteiger partial charge in [0.25, 0.3) is 0 Å². The average Bonchev–Trinajstić information content (AvgIpc) is 2.83. The number of H-pyrrole nitrogens is 1. The third kappa shape index (κ3) is 3.56. The number of ether oxygens (including phenoxy) is 1. The first-order valence-electron chi connectivity index (χ1n) is 6.16. The van der Waals surface area contributed by atoms with E-state index in [1.165, 1.54) is 0 Å². The summed E-state index contributed by atoms with van der Waals surface area (Å²) in [4.78, 5) is 18.9. The van der Waals surface area contributed by atoms with E-state index in [-0.39, 0.29) is 18.1 Å². The number of aromatic amines is 1. The lowest BCUT2D eigenvalue weighted by Gasteiger charge is -2.22. The van der Waals surface area contributed by atoms with E-state index in [9.17, 15) is 4.79 Å². The Morgan fingerprint density at radius 3 is 3.24 bits per heavy atom. The number of rotatable bonds is 4. The van der Waals surface area contributed by atoms with Crippen LogP contribution in [0.1, 0.15) is 44.5 Å². The Bertz CT molecular complexity index is 345. The first-order valence-corrected chi connectivity index (χ1v) is 6.16. The Balaban J connectivity index is 1.76. The largest absolute Gasteiger partial charge is 0.378 e. The van der Waals surface area contributed by atoms with Crippen molar-refractivity contribution in [1.82, 2.24) is 15.3 Å². The van der Waals surface area contributed by atoms with Gasteiger partial charge in [-0.1, -0.05) is 0 Å². The summed E-state index contributed by atoms with van der Waals surface area (Å²) < 4.78 is 5.54. The maximum absolute atomic E-state index is 11.8. The molecule has 1 aliphatic rings. The molecule has 2 atom stereocenters. The molecule has 5 heteroatoms. The molecule has 1 aromatic rings. The van der Waals surface area contributed by atoms with Gasteiger partial charge in [-0.05, 0) is 26.2 Å². The van der Waals surface area contributed by atoms with Crippen LogP contribution >= 0.6 is 0 Å². The minimum atomic E-state index is -0.0823. The van der Waals surface area contributed by atoms with Gasteiger partial charge in [0, 0.05) is 19.0 Å². The minimum Gasteiger partial charge on any atom is -0.378 e. The van der Waals surface area contributed by atoms with Crippen molar-refractivity contribution in [1.29, 1.82) is 0 Å². The number of nitrogens with zero attached hydrogens (tertiary/aromatic N) is 1. The lowest BCUT2D eigenvalue weighted by atomic mass is 10.1. The Labute approximate surface area is 101 Å². The molecule has 0 radical (unpaired) electrons. The Kier molecular flexibility index (Phi) is 4.14. The number of hydrogen-bond acceptors (Lipinski definition) is 3. The highest BCUT2D eigenvalue weighted by Crippen LogP contribution is 2.16. The average molecular weight is 237 g/mol. The van der Waals surface area contributed by atoms with Crippen LogP contribution in [0.3, 0.4) is 0 Å². The fourth-order valence-corrected chi connectivity index (χ4v) is 2.06. The fourth-order valence-electron chi connectivity index (χ4n) is 2.06. The van der Waals surface area contributed by atoms with Crippen LogP contribution in [0.15, 0.2) is 12.4 Å². The van der Waals surface area contributed by atoms with Crippen LogP contribution in [0.25, 0.3) is 0 Å². The second-order valence-corrected chi connectivity index (χ2v) is 4.46. The molecule has 94 valence electrons. The van der Waals surface area contributed by atoms with Gasteiger partial charge in [-0.25, -0.2) is 4.98 Å². The molecule has 0 spiro atoms. The number of carbonyl (C=O) groups is 1. The third-order valence-electron chi connectivity index (χ3n) is 2.99. The molecule has 2 heterocycles. The molecule has 2 rings (SSSR count). The van der Waals surface area contributed by atoms with E-state index in [1.54, 1.807) is 12.4 Å². The zero-order chi connectivity index (χ0) is 12.1. The number of aromatic nitrogens is 2. The summed E-state index contributed by atoms with van der Waals surface area (Å²) in [5.41, 5.74) is 0. The second kappa shape index (κ2) is 5.82. The highest BCUT2D eigenvalue weighted by molar-refractivity contribution is 5.76. The number of hydrogen-bond donors (Lipinski definition) is 2. The van der Waals surface area contributed by atoms with Gasteiger partial charge >= 0.3 is 0 Å². The van der Waals surface area contributed by atoms with E-state index in [2.05, 4.69) is 15.3 Å². The van der Waals surface area contributed by atoms with Crippen molar-refractivity contribution in [2.45, 2.75) is 44.8 Å². The van der Waals surface area contributed by atoms with Crippen LogP contribution in [-0.4, -0.2) is 28.6 Å². The van der Waals surface area contributed by atoms with Gasteiger partial charge in [0.1, 0.15) is 5.82 Å². The van der Waals surface area contributed by atoms with E-state index in [1.807, 2.05) is 6.92 Å². The number of imidazole rings is 1. The van der Waals surface area contributed by atoms with Gasteiger partial charge in [-0.3, -0.25) is 4.79 Å². The van der Waals surface area contributed by atoms with E-state index >= 15 is 0 Å². The highest BCUT2D eigenvalue weighted by atomic mass is 16.5. The molecule has 0 aliphatic carbocycles. The summed E-state index contributed by atoms with van der Waals surface area (Å²) in [7, 11) is 0. The molecule has 1 fully saturated rings. The first kappa shape index (κ1) is 12.1. The van der Waals surface area contributed by atoms with E-state index < -0.39 is 0 Å². The zero-order valence-electron chi connectivity index (χ0n) is 10.1. The molecule has 1 saturated heterocycles. The standard InChI is InChI=1S/C12H19N3O2/c1-9(12-13-5-6-14-12)15-11(16)8-10-4-2-3-7-17-10/h5-6,9-10H,2-4,7-8H2,1H3,(H,13,14)(H,15,16). The maximum atomic E-state index is 11.8. The van der Waals surface area contributed by atoms with Crippen molar-refractivity contribution >= 4 is 5.91 Å². The summed E-state index contributed by atoms with van der Waals surface area (Å²) in [5, 5.41) is 2.92. The molecule has 5 nitrogen and oxygen atoms in total. The molecule has 17 heavy (non-hydrogen) atoms. The number of amides is 1. The molecule has 2 N–H and O–H groups in total. The predicted octanol–water partition coefficient (Wildman–Crippen LogP) is 1.55. The van der Waals surface area contributed by atoms with Crippen molar-refractivity contribution in [3.8, 4) is 0 Å². The number of carbonyl (C=O) groups excluding carboxylic acids is 1. The third-order valence-corrected chi connectivity index (χ3v) is 2.99. The molecule has 1 amide bonds. The van der Waals surface area contributed by atoms with Crippen molar-refractivity contribution < 1.29 is 9.53 Å². The molecular formula is C12H19N3O2. The topological polar surface area (TPSA) is 67.0 Å². The summed E-state index contributed by atoms with van der Waals surface area (Å²) >= 11 is 0. The van der Waals surface area contributed by atoms with Gasteiger partial charge in [-0.15, -0.1) is 0 Å². The first-order chi connectivity index (χ1) is 8.25. The molecule has 0 saturated carbocycles. The van der Waals surface area contributed by atoms with Crippen LogP contribution in [0.4, 0.5) is 0 Å². The predicted molar refractivity (Wildman–Crippen MR) is 63.4 cm³/mol. The molecule has 1 aromatic heterocycles. The lowest BCUT2D eigenvalue weighted by Crippen LogP contribution is -2.32. The minimum absolute atomic E-state index is 0.0285. The second-order valence-electron chi connectivity index (χ2n) is 4.46. The van der Waals surface area contributed by atoms with Crippen LogP contribution in [0.2, 0.25) is 0 Å². The van der Waals surface area contributed by atoms with Crippen LogP contribution in [0.5, 0.6) is 0 Å². The van der Waals surface area contributed by atoms with Crippen molar-refractivity contribution in [2.24, 2.45) is 0 Å². The van der Waals surface area contributed by atoms with Crippen molar-refractivity contribution in [3.05, 3.63) is 18.2 Å². The SMILES string of the molecule is CC(NC(=O)CC1CCCCO1)c1ncc[nH]1. The summed E-state index contributed by atoms with van der Waals surface area (Å²) in [6.45, 7) is 2.70. The van der Waals surface area contributed by atoms with E-state index in [0.29, 0.717) is 6.42 Å². The molecule has 2 unspecified atom stereocenters. The van der Waals surface area contributed by atoms with Crippen molar-refractivity contribution in [2.75, 3.05) is 6.61 Å². The molecule has 0 bridgehead atoms. The van der Waals surface area contributed by atoms with E-state index in [4.69, 9.17) is 4.74 Å². The summed E-state index contributed by atoms with van der Waals surface area (Å²) in [6.07, 6.45) is 7.23. The smallest absolute Gasteiger partial charge is 0.223 e. The van der Waals surface area contributed by atoms with Gasteiger partial charge in [0.2, 0.25) is 5.91 Å². The van der Waals surface area contributed by atoms with Crippen molar-refractivity contribution in [3.63, 3.8) is 0 Å². The fraction of sp³-hybridized carbons (Fsp3) is 0.667. The van der Waals surface area contributed by atoms with Crippen LogP contribution < -0.4 is 5.32 Å². The monoisotopic (exact) mass is 237 g/mol. The van der Waals surface area contributed by atoms with Gasteiger partial charge in [-0.2, -0.15) is 0 Å². The molecular weight excluding hydrogens is 218 g/mol. The van der Waals surface area contributed by atoms with Gasteiger partial charge in [0.05, 0.1) is 18.6 Å².